The summed E-state index contributed by atoms with van der Waals surface area (Å²) in [6, 6.07) is 1.05. The van der Waals surface area contributed by atoms with Gasteiger partial charge in [-0.15, -0.1) is 0 Å². The first-order valence-corrected chi connectivity index (χ1v) is 8.95. The number of alkyl halides is 3. The normalized spacial score (nSPS) is 22.7. The average Bonchev–Trinajstić information content (AvgIpc) is 2.57. The second kappa shape index (κ2) is 7.45. The van der Waals surface area contributed by atoms with Crippen LogP contribution in [-0.2, 0) is 6.18 Å². The lowest BCUT2D eigenvalue weighted by molar-refractivity contribution is -0.141. The van der Waals surface area contributed by atoms with Crippen LogP contribution in [0, 0.1) is 0 Å². The summed E-state index contributed by atoms with van der Waals surface area (Å²) < 4.78 is 38.1. The molecule has 1 aliphatic heterocycles. The van der Waals surface area contributed by atoms with Crippen LogP contribution in [0.3, 0.4) is 0 Å². The van der Waals surface area contributed by atoms with E-state index in [1.165, 1.54) is 6.42 Å². The molecule has 3 rings (SSSR count). The summed E-state index contributed by atoms with van der Waals surface area (Å²) in [5, 5.41) is 13.7. The maximum atomic E-state index is 12.7. The number of likely N-dealkylation sites (tertiary alicyclic amines) is 1. The highest BCUT2D eigenvalue weighted by molar-refractivity contribution is 5.36. The Morgan fingerprint density at radius 1 is 1.16 bits per heavy atom. The van der Waals surface area contributed by atoms with E-state index in [2.05, 4.69) is 20.2 Å². The van der Waals surface area contributed by atoms with Gasteiger partial charge in [0.05, 0.1) is 5.60 Å². The number of aliphatic hydroxyl groups is 1. The molecule has 0 radical (unpaired) electrons. The van der Waals surface area contributed by atoms with Crippen molar-refractivity contribution in [2.75, 3.05) is 25.0 Å². The Bertz CT molecular complexity index is 567. The van der Waals surface area contributed by atoms with Gasteiger partial charge in [-0.3, -0.25) is 0 Å². The number of rotatable bonds is 4. The van der Waals surface area contributed by atoms with Crippen LogP contribution in [-0.4, -0.2) is 51.3 Å². The fourth-order valence-electron chi connectivity index (χ4n) is 3.82. The summed E-state index contributed by atoms with van der Waals surface area (Å²) in [7, 11) is 0. The third-order valence-electron chi connectivity index (χ3n) is 5.20. The van der Waals surface area contributed by atoms with Gasteiger partial charge in [-0.25, -0.2) is 9.97 Å². The Hall–Kier alpha value is -1.41. The molecule has 1 aliphatic carbocycles. The van der Waals surface area contributed by atoms with Crippen LogP contribution < -0.4 is 5.32 Å². The number of aromatic nitrogens is 2. The first-order chi connectivity index (χ1) is 11.8. The van der Waals surface area contributed by atoms with Crippen LogP contribution in [0.1, 0.15) is 50.6 Å². The fourth-order valence-corrected chi connectivity index (χ4v) is 3.82. The van der Waals surface area contributed by atoms with Crippen molar-refractivity contribution in [3.63, 3.8) is 0 Å². The Morgan fingerprint density at radius 2 is 1.84 bits per heavy atom. The van der Waals surface area contributed by atoms with Crippen molar-refractivity contribution in [3.8, 4) is 0 Å². The van der Waals surface area contributed by atoms with Crippen molar-refractivity contribution in [2.45, 2.75) is 62.8 Å². The van der Waals surface area contributed by atoms with Crippen LogP contribution in [0.2, 0.25) is 0 Å². The number of piperidine rings is 1. The largest absolute Gasteiger partial charge is 0.433 e. The van der Waals surface area contributed by atoms with E-state index < -0.39 is 17.5 Å². The third kappa shape index (κ3) is 5.04. The second-order valence-corrected chi connectivity index (χ2v) is 7.27. The molecule has 5 nitrogen and oxygen atoms in total. The van der Waals surface area contributed by atoms with E-state index in [4.69, 9.17) is 0 Å². The minimum Gasteiger partial charge on any atom is -0.389 e. The van der Waals surface area contributed by atoms with Crippen molar-refractivity contribution in [2.24, 2.45) is 0 Å². The Labute approximate surface area is 145 Å². The number of halogens is 3. The summed E-state index contributed by atoms with van der Waals surface area (Å²) in [4.78, 5) is 9.44. The van der Waals surface area contributed by atoms with Crippen molar-refractivity contribution in [1.29, 1.82) is 0 Å². The van der Waals surface area contributed by atoms with Gasteiger partial charge in [0.15, 0.2) is 0 Å². The quantitative estimate of drug-likeness (QED) is 0.866. The van der Waals surface area contributed by atoms with Gasteiger partial charge in [-0.05, 0) is 25.7 Å². The average molecular weight is 358 g/mol. The van der Waals surface area contributed by atoms with Crippen molar-refractivity contribution in [3.05, 3.63) is 18.1 Å². The molecule has 2 heterocycles. The molecule has 0 unspecified atom stereocenters. The highest BCUT2D eigenvalue weighted by Gasteiger charge is 2.34. The number of anilines is 1. The minimum absolute atomic E-state index is 0.0910. The molecular formula is C17H25F3N4O. The molecule has 1 saturated carbocycles. The van der Waals surface area contributed by atoms with Gasteiger partial charge >= 0.3 is 6.18 Å². The van der Waals surface area contributed by atoms with E-state index in [1.54, 1.807) is 0 Å². The molecule has 1 aromatic rings. The fraction of sp³-hybridized carbons (Fsp3) is 0.765. The lowest BCUT2D eigenvalue weighted by atomic mass is 9.84. The summed E-state index contributed by atoms with van der Waals surface area (Å²) >= 11 is 0. The monoisotopic (exact) mass is 358 g/mol. The molecule has 0 aromatic carbocycles. The number of nitrogens with one attached hydrogen (secondary N) is 1. The van der Waals surface area contributed by atoms with E-state index in [-0.39, 0.29) is 11.9 Å². The lowest BCUT2D eigenvalue weighted by Gasteiger charge is -2.40. The van der Waals surface area contributed by atoms with E-state index in [1.807, 2.05) is 0 Å². The standard InChI is InChI=1S/C17H25F3N4O/c18-17(19,20)14-10-15(22-12-21-14)23-13-4-8-24(9-5-13)11-16(25)6-2-1-3-7-16/h10,12-13,25H,1-9,11H2,(H,21,22,23). The Morgan fingerprint density at radius 3 is 2.48 bits per heavy atom. The Balaban J connectivity index is 1.49. The minimum atomic E-state index is -4.46. The van der Waals surface area contributed by atoms with Crippen molar-refractivity contribution >= 4 is 5.82 Å². The summed E-state index contributed by atoms with van der Waals surface area (Å²) in [5.41, 5.74) is -1.49. The molecule has 0 amide bonds. The van der Waals surface area contributed by atoms with Gasteiger partial charge in [-0.2, -0.15) is 13.2 Å². The van der Waals surface area contributed by atoms with E-state index in [0.29, 0.717) is 6.54 Å². The molecule has 2 fully saturated rings. The number of β-amino-alcohol motifs (C(OH)–C–C–N with tert-alkyl or cyclic N) is 1. The molecule has 1 aromatic heterocycles. The van der Waals surface area contributed by atoms with E-state index >= 15 is 0 Å². The lowest BCUT2D eigenvalue weighted by Crippen LogP contribution is -2.48. The predicted octanol–water partition coefficient (Wildman–Crippen LogP) is 3.07. The van der Waals surface area contributed by atoms with Crippen molar-refractivity contribution in [1.82, 2.24) is 14.9 Å². The van der Waals surface area contributed by atoms with Gasteiger partial charge in [0, 0.05) is 31.7 Å². The van der Waals surface area contributed by atoms with Crippen LogP contribution in [0.25, 0.3) is 0 Å². The molecule has 8 heteroatoms. The smallest absolute Gasteiger partial charge is 0.389 e. The molecule has 0 atom stereocenters. The first-order valence-electron chi connectivity index (χ1n) is 8.95. The zero-order valence-corrected chi connectivity index (χ0v) is 14.2. The second-order valence-electron chi connectivity index (χ2n) is 7.27. The first kappa shape index (κ1) is 18.4. The highest BCUT2D eigenvalue weighted by Crippen LogP contribution is 2.30. The molecule has 0 bridgehead atoms. The van der Waals surface area contributed by atoms with Gasteiger partial charge in [-0.1, -0.05) is 19.3 Å². The summed E-state index contributed by atoms with van der Waals surface area (Å²) in [6.07, 6.45) is 3.24. The topological polar surface area (TPSA) is 61.3 Å². The predicted molar refractivity (Wildman–Crippen MR) is 88.2 cm³/mol. The number of hydrogen-bond acceptors (Lipinski definition) is 5. The number of hydrogen-bond donors (Lipinski definition) is 2. The SMILES string of the molecule is OC1(CN2CCC(Nc3cc(C(F)(F)F)ncn3)CC2)CCCCC1. The number of nitrogens with zero attached hydrogens (tertiary/aromatic N) is 3. The van der Waals surface area contributed by atoms with Crippen molar-refractivity contribution < 1.29 is 18.3 Å². The maximum absolute atomic E-state index is 12.7. The molecule has 0 spiro atoms. The Kier molecular flexibility index (Phi) is 5.48. The summed E-state index contributed by atoms with van der Waals surface area (Å²) in [6.45, 7) is 2.36. The van der Waals surface area contributed by atoms with Crippen LogP contribution in [0.4, 0.5) is 19.0 Å². The van der Waals surface area contributed by atoms with Gasteiger partial charge in [0.2, 0.25) is 0 Å². The molecule has 25 heavy (non-hydrogen) atoms. The zero-order valence-electron chi connectivity index (χ0n) is 14.2. The van der Waals surface area contributed by atoms with E-state index in [0.717, 1.165) is 64.0 Å². The zero-order chi connectivity index (χ0) is 17.9. The third-order valence-corrected chi connectivity index (χ3v) is 5.20. The van der Waals surface area contributed by atoms with Gasteiger partial charge in [0.25, 0.3) is 0 Å². The van der Waals surface area contributed by atoms with Crippen LogP contribution in [0.15, 0.2) is 12.4 Å². The molecule has 2 aliphatic rings. The van der Waals surface area contributed by atoms with Gasteiger partial charge in [0.1, 0.15) is 17.8 Å². The molecule has 140 valence electrons. The molecule has 1 saturated heterocycles. The van der Waals surface area contributed by atoms with Gasteiger partial charge < -0.3 is 15.3 Å². The highest BCUT2D eigenvalue weighted by atomic mass is 19.4. The summed E-state index contributed by atoms with van der Waals surface area (Å²) in [5.74, 6) is 0.215. The molecule has 2 N–H and O–H groups in total. The molecular weight excluding hydrogens is 333 g/mol. The maximum Gasteiger partial charge on any atom is 0.433 e. The van der Waals surface area contributed by atoms with Crippen LogP contribution >= 0.6 is 0 Å². The van der Waals surface area contributed by atoms with E-state index in [9.17, 15) is 18.3 Å². The van der Waals surface area contributed by atoms with Crippen LogP contribution in [0.5, 0.6) is 0 Å².